The zero-order chi connectivity index (χ0) is 25.2. The molecule has 9 nitrogen and oxygen atoms in total. The maximum absolute atomic E-state index is 11.6. The molecule has 1 N–H and O–H groups in total. The Bertz CT molecular complexity index is 1420. The largest absolute Gasteiger partial charge is 0.497 e. The van der Waals surface area contributed by atoms with Gasteiger partial charge in [0.05, 0.1) is 42.1 Å². The van der Waals surface area contributed by atoms with Crippen LogP contribution in [0, 0.1) is 10.1 Å². The number of anilines is 1. The molecule has 1 saturated heterocycles. The first-order valence-corrected chi connectivity index (χ1v) is 11.5. The van der Waals surface area contributed by atoms with Crippen LogP contribution in [0.5, 0.6) is 11.5 Å². The molecule has 3 heterocycles. The topological polar surface area (TPSA) is 103 Å². The highest BCUT2D eigenvalue weighted by atomic mass is 32.1. The Morgan fingerprint density at radius 3 is 2.58 bits per heavy atom. The van der Waals surface area contributed by atoms with E-state index in [1.807, 2.05) is 41.3 Å². The van der Waals surface area contributed by atoms with E-state index < -0.39 is 11.0 Å². The van der Waals surface area contributed by atoms with E-state index in [1.54, 1.807) is 50.7 Å². The van der Waals surface area contributed by atoms with Crippen LogP contribution >= 0.6 is 12.2 Å². The van der Waals surface area contributed by atoms with Crippen molar-refractivity contribution in [1.29, 1.82) is 0 Å². The second-order valence-electron chi connectivity index (χ2n) is 8.01. The summed E-state index contributed by atoms with van der Waals surface area (Å²) < 4.78 is 17.4. The molecule has 10 heteroatoms. The summed E-state index contributed by atoms with van der Waals surface area (Å²) in [5, 5.41) is 15.4. The van der Waals surface area contributed by atoms with Crippen molar-refractivity contribution < 1.29 is 18.8 Å². The Labute approximate surface area is 212 Å². The number of nitrogens with one attached hydrogen (secondary N) is 1. The van der Waals surface area contributed by atoms with Gasteiger partial charge in [-0.2, -0.15) is 0 Å². The first kappa shape index (κ1) is 23.3. The van der Waals surface area contributed by atoms with Crippen LogP contribution < -0.4 is 19.7 Å². The lowest BCUT2D eigenvalue weighted by atomic mass is 10.0. The average molecular weight is 503 g/mol. The van der Waals surface area contributed by atoms with Gasteiger partial charge in [0.2, 0.25) is 0 Å². The van der Waals surface area contributed by atoms with Gasteiger partial charge in [-0.25, -0.2) is 0 Å². The fourth-order valence-electron chi connectivity index (χ4n) is 4.39. The van der Waals surface area contributed by atoms with Gasteiger partial charge >= 0.3 is 0 Å². The summed E-state index contributed by atoms with van der Waals surface area (Å²) in [6, 6.07) is 20.3. The van der Waals surface area contributed by atoms with E-state index in [-0.39, 0.29) is 11.7 Å². The molecule has 1 aliphatic rings. The predicted octanol–water partition coefficient (Wildman–Crippen LogP) is 5.44. The van der Waals surface area contributed by atoms with Crippen molar-refractivity contribution in [3.05, 3.63) is 101 Å². The van der Waals surface area contributed by atoms with Crippen LogP contribution in [-0.2, 0) is 0 Å². The third kappa shape index (κ3) is 4.11. The number of benzene rings is 2. The molecule has 0 aliphatic carbocycles. The van der Waals surface area contributed by atoms with Crippen molar-refractivity contribution in [1.82, 2.24) is 10.3 Å². The molecule has 0 unspecified atom stereocenters. The number of pyridine rings is 1. The fourth-order valence-corrected chi connectivity index (χ4v) is 4.72. The molecule has 2 aromatic carbocycles. The predicted molar refractivity (Wildman–Crippen MR) is 138 cm³/mol. The maximum Gasteiger partial charge on any atom is 0.280 e. The number of hydrogen-bond donors (Lipinski definition) is 1. The van der Waals surface area contributed by atoms with E-state index in [9.17, 15) is 10.1 Å². The van der Waals surface area contributed by atoms with E-state index in [2.05, 4.69) is 10.3 Å². The summed E-state index contributed by atoms with van der Waals surface area (Å²) in [5.41, 5.74) is 1.80. The van der Waals surface area contributed by atoms with Gasteiger partial charge in [0.1, 0.15) is 29.1 Å². The van der Waals surface area contributed by atoms with Crippen molar-refractivity contribution in [2.75, 3.05) is 19.1 Å². The number of nitro benzene ring substituents is 1. The molecule has 1 fully saturated rings. The van der Waals surface area contributed by atoms with Gasteiger partial charge in [0.15, 0.2) is 5.11 Å². The molecule has 182 valence electrons. The van der Waals surface area contributed by atoms with E-state index >= 15 is 0 Å². The number of rotatable bonds is 7. The van der Waals surface area contributed by atoms with Crippen LogP contribution in [0.25, 0.3) is 11.3 Å². The zero-order valence-electron chi connectivity index (χ0n) is 19.5. The molecular formula is C26H22N4O5S. The number of nitro groups is 1. The van der Waals surface area contributed by atoms with Crippen molar-refractivity contribution in [3.8, 4) is 22.8 Å². The van der Waals surface area contributed by atoms with Gasteiger partial charge in [0.25, 0.3) is 5.69 Å². The molecule has 36 heavy (non-hydrogen) atoms. The summed E-state index contributed by atoms with van der Waals surface area (Å²) >= 11 is 5.78. The van der Waals surface area contributed by atoms with Crippen LogP contribution in [-0.4, -0.2) is 29.2 Å². The maximum atomic E-state index is 11.6. The minimum Gasteiger partial charge on any atom is -0.497 e. The average Bonchev–Trinajstić information content (AvgIpc) is 3.53. The van der Waals surface area contributed by atoms with Gasteiger partial charge in [-0.05, 0) is 54.7 Å². The number of nitrogens with zero attached hydrogens (tertiary/aromatic N) is 3. The Morgan fingerprint density at radius 2 is 1.86 bits per heavy atom. The number of thiocarbonyl (C=S) groups is 1. The van der Waals surface area contributed by atoms with Crippen LogP contribution in [0.1, 0.15) is 23.5 Å². The Morgan fingerprint density at radius 1 is 1.06 bits per heavy atom. The molecular weight excluding hydrogens is 480 g/mol. The van der Waals surface area contributed by atoms with Crippen molar-refractivity contribution in [3.63, 3.8) is 0 Å². The molecule has 4 aromatic rings. The van der Waals surface area contributed by atoms with Gasteiger partial charge in [-0.3, -0.25) is 15.1 Å². The first-order chi connectivity index (χ1) is 17.5. The third-order valence-electron chi connectivity index (χ3n) is 6.03. The SMILES string of the molecule is COc1ccc(OC)c(N2C(=S)N[C@@H](c3ccccn3)[C@H]2c2ccc(-c3ccccc3[N+](=O)[O-])o2)c1. The van der Waals surface area contributed by atoms with Crippen molar-refractivity contribution >= 4 is 28.7 Å². The summed E-state index contributed by atoms with van der Waals surface area (Å²) in [7, 11) is 3.18. The Balaban J connectivity index is 1.66. The van der Waals surface area contributed by atoms with Gasteiger partial charge < -0.3 is 24.1 Å². The number of ether oxygens (including phenoxy) is 2. The zero-order valence-corrected chi connectivity index (χ0v) is 20.3. The van der Waals surface area contributed by atoms with E-state index in [0.717, 1.165) is 5.69 Å². The second-order valence-corrected chi connectivity index (χ2v) is 8.40. The van der Waals surface area contributed by atoms with Crippen LogP contribution in [0.15, 0.2) is 83.4 Å². The quantitative estimate of drug-likeness (QED) is 0.201. The highest BCUT2D eigenvalue weighted by Crippen LogP contribution is 2.46. The highest BCUT2D eigenvalue weighted by Gasteiger charge is 2.43. The summed E-state index contributed by atoms with van der Waals surface area (Å²) in [4.78, 5) is 17.6. The lowest BCUT2D eigenvalue weighted by Gasteiger charge is -2.27. The van der Waals surface area contributed by atoms with Crippen molar-refractivity contribution in [2.24, 2.45) is 0 Å². The molecule has 0 amide bonds. The van der Waals surface area contributed by atoms with Crippen LogP contribution in [0.2, 0.25) is 0 Å². The van der Waals surface area contributed by atoms with Gasteiger partial charge in [-0.15, -0.1) is 0 Å². The third-order valence-corrected chi connectivity index (χ3v) is 6.34. The fraction of sp³-hybridized carbons (Fsp3) is 0.154. The van der Waals surface area contributed by atoms with Gasteiger partial charge in [-0.1, -0.05) is 18.2 Å². The number of aromatic nitrogens is 1. The molecule has 5 rings (SSSR count). The van der Waals surface area contributed by atoms with E-state index in [1.165, 1.54) is 6.07 Å². The number of hydrogen-bond acceptors (Lipinski definition) is 7. The summed E-state index contributed by atoms with van der Waals surface area (Å²) in [6.07, 6.45) is 1.72. The smallest absolute Gasteiger partial charge is 0.280 e. The second kappa shape index (κ2) is 9.67. The number of furan rings is 1. The molecule has 1 aliphatic heterocycles. The molecule has 2 aromatic heterocycles. The molecule has 2 atom stereocenters. The lowest BCUT2D eigenvalue weighted by molar-refractivity contribution is -0.384. The molecule has 0 spiro atoms. The van der Waals surface area contributed by atoms with E-state index in [0.29, 0.717) is 39.4 Å². The monoisotopic (exact) mass is 502 g/mol. The molecule has 0 bridgehead atoms. The Kier molecular flexibility index (Phi) is 6.26. The van der Waals surface area contributed by atoms with Gasteiger partial charge in [0, 0.05) is 18.3 Å². The Hall–Kier alpha value is -4.44. The minimum absolute atomic E-state index is 0.0361. The van der Waals surface area contributed by atoms with E-state index in [4.69, 9.17) is 26.1 Å². The highest BCUT2D eigenvalue weighted by molar-refractivity contribution is 7.80. The number of para-hydroxylation sites is 1. The van der Waals surface area contributed by atoms with Crippen molar-refractivity contribution in [2.45, 2.75) is 12.1 Å². The minimum atomic E-state index is -0.468. The summed E-state index contributed by atoms with van der Waals surface area (Å²) in [5.74, 6) is 2.16. The van der Waals surface area contributed by atoms with Crippen LogP contribution in [0.4, 0.5) is 11.4 Å². The lowest BCUT2D eigenvalue weighted by Crippen LogP contribution is -2.29. The molecule has 0 saturated carbocycles. The summed E-state index contributed by atoms with van der Waals surface area (Å²) in [6.45, 7) is 0. The number of methoxy groups -OCH3 is 2. The van der Waals surface area contributed by atoms with Crippen LogP contribution in [0.3, 0.4) is 0 Å². The first-order valence-electron chi connectivity index (χ1n) is 11.1. The standard InChI is InChI=1S/C26H22N4O5S/c1-33-16-10-11-22(34-2)20(15-16)29-25(24(28-26(29)36)18-8-5-6-14-27-18)23-13-12-21(35-23)17-7-3-4-9-19(17)30(31)32/h3-15,24-25H,1-2H3,(H,28,36)/t24-,25+/m0/s1. The molecule has 0 radical (unpaired) electrons. The normalized spacial score (nSPS) is 17.1.